The van der Waals surface area contributed by atoms with Crippen LogP contribution in [0.5, 0.6) is 0 Å². The molecule has 0 atom stereocenters. The van der Waals surface area contributed by atoms with Gasteiger partial charge in [-0.15, -0.1) is 0 Å². The third-order valence-electron chi connectivity index (χ3n) is 4.96. The fraction of sp³-hybridized carbons (Fsp3) is 0.533. The van der Waals surface area contributed by atoms with Gasteiger partial charge in [0, 0.05) is 25.0 Å². The molecule has 0 amide bonds. The van der Waals surface area contributed by atoms with Crippen molar-refractivity contribution in [1.82, 2.24) is 0 Å². The Morgan fingerprint density at radius 2 is 1.14 bits per heavy atom. The molecule has 1 aromatic heterocycles. The molecule has 1 rings (SSSR count). The van der Waals surface area contributed by atoms with Crippen molar-refractivity contribution in [3.8, 4) is 23.7 Å². The summed E-state index contributed by atoms with van der Waals surface area (Å²) in [4.78, 5) is 22.3. The molecule has 0 aliphatic rings. The van der Waals surface area contributed by atoms with Crippen LogP contribution in [0.25, 0.3) is 0 Å². The summed E-state index contributed by atoms with van der Waals surface area (Å²) in [5.74, 6) is 13.3. The van der Waals surface area contributed by atoms with Gasteiger partial charge in [-0.2, -0.15) is 0 Å². The van der Waals surface area contributed by atoms with Gasteiger partial charge in [0.25, 0.3) is 0 Å². The summed E-state index contributed by atoms with van der Waals surface area (Å²) >= 11 is 0. The van der Waals surface area contributed by atoms with Gasteiger partial charge in [0.05, 0.1) is 13.2 Å². The van der Waals surface area contributed by atoms with E-state index in [0.717, 1.165) is 77.0 Å². The predicted octanol–water partition coefficient (Wildman–Crippen LogP) is 6.90. The molecule has 0 aliphatic heterocycles. The van der Waals surface area contributed by atoms with Gasteiger partial charge in [-0.3, -0.25) is 0 Å². The van der Waals surface area contributed by atoms with Crippen molar-refractivity contribution in [2.45, 2.75) is 90.9 Å². The van der Waals surface area contributed by atoms with Gasteiger partial charge in [0.1, 0.15) is 0 Å². The summed E-state index contributed by atoms with van der Waals surface area (Å²) in [6.07, 6.45) is 19.0. The Morgan fingerprint density at radius 3 is 1.57 bits per heavy atom. The summed E-state index contributed by atoms with van der Waals surface area (Å²) in [6, 6.07) is 3.74. The van der Waals surface area contributed by atoms with Crippen LogP contribution in [0.2, 0.25) is 0 Å². The van der Waals surface area contributed by atoms with Crippen LogP contribution in [-0.2, 0) is 19.1 Å². The number of allylic oxidation sites excluding steroid dienone is 2. The first kappa shape index (κ1) is 29.9. The normalized spacial score (nSPS) is 10.6. The molecular formula is C30H40O5. The highest BCUT2D eigenvalue weighted by molar-refractivity contribution is 5.82. The Hall–Kier alpha value is -3.18. The highest BCUT2D eigenvalue weighted by Gasteiger charge is 1.96. The Kier molecular flexibility index (Phi) is 18.2. The summed E-state index contributed by atoms with van der Waals surface area (Å²) in [5.41, 5.74) is 0. The molecule has 0 saturated heterocycles. The second-order valence-electron chi connectivity index (χ2n) is 7.98. The molecule has 0 aliphatic carbocycles. The molecule has 0 spiro atoms. The molecule has 190 valence electrons. The van der Waals surface area contributed by atoms with Crippen LogP contribution >= 0.6 is 0 Å². The summed E-state index contributed by atoms with van der Waals surface area (Å²) in [7, 11) is 0. The van der Waals surface area contributed by atoms with E-state index >= 15 is 0 Å². The Balaban J connectivity index is 2.07. The van der Waals surface area contributed by atoms with Crippen LogP contribution < -0.4 is 0 Å². The van der Waals surface area contributed by atoms with Crippen molar-refractivity contribution in [1.29, 1.82) is 0 Å². The first-order valence-corrected chi connectivity index (χ1v) is 12.9. The monoisotopic (exact) mass is 480 g/mol. The zero-order valence-corrected chi connectivity index (χ0v) is 21.4. The van der Waals surface area contributed by atoms with E-state index in [1.165, 1.54) is 12.2 Å². The molecule has 0 saturated carbocycles. The second kappa shape index (κ2) is 21.4. The van der Waals surface area contributed by atoms with Crippen molar-refractivity contribution in [3.63, 3.8) is 0 Å². The molecule has 35 heavy (non-hydrogen) atoms. The van der Waals surface area contributed by atoms with Crippen LogP contribution in [0, 0.1) is 23.7 Å². The van der Waals surface area contributed by atoms with E-state index in [0.29, 0.717) is 24.7 Å². The Labute approximate surface area is 211 Å². The number of carbonyl (C=O) groups excluding carboxylic acids is 2. The molecule has 0 aromatic carbocycles. The molecule has 1 heterocycles. The first-order valence-electron chi connectivity index (χ1n) is 12.9. The zero-order valence-electron chi connectivity index (χ0n) is 21.4. The van der Waals surface area contributed by atoms with Crippen molar-refractivity contribution < 1.29 is 23.5 Å². The molecule has 1 aromatic rings. The molecular weight excluding hydrogens is 440 g/mol. The number of furan rings is 1. The fourth-order valence-corrected chi connectivity index (χ4v) is 3.17. The number of hydrogen-bond donors (Lipinski definition) is 0. The SMILES string of the molecule is CCOC(=O)/C=C/CCCCCCC#Cc1ccc(C#CCCCCCC/C=C/C(=O)OCC)o1. The van der Waals surface area contributed by atoms with E-state index < -0.39 is 0 Å². The van der Waals surface area contributed by atoms with Crippen LogP contribution in [-0.4, -0.2) is 25.2 Å². The zero-order chi connectivity index (χ0) is 25.4. The van der Waals surface area contributed by atoms with E-state index in [1.807, 2.05) is 24.3 Å². The third-order valence-corrected chi connectivity index (χ3v) is 4.96. The molecule has 0 bridgehead atoms. The van der Waals surface area contributed by atoms with E-state index in [1.54, 1.807) is 13.8 Å². The largest absolute Gasteiger partial charge is 0.463 e. The third kappa shape index (κ3) is 17.9. The lowest BCUT2D eigenvalue weighted by Crippen LogP contribution is -1.98. The van der Waals surface area contributed by atoms with Crippen LogP contribution in [0.4, 0.5) is 0 Å². The number of esters is 2. The molecule has 0 radical (unpaired) electrons. The average Bonchev–Trinajstić information content (AvgIpc) is 3.29. The average molecular weight is 481 g/mol. The van der Waals surface area contributed by atoms with Gasteiger partial charge in [0.2, 0.25) is 0 Å². The number of rotatable bonds is 16. The topological polar surface area (TPSA) is 65.7 Å². The highest BCUT2D eigenvalue weighted by Crippen LogP contribution is 2.09. The van der Waals surface area contributed by atoms with Crippen molar-refractivity contribution in [2.75, 3.05) is 13.2 Å². The summed E-state index contributed by atoms with van der Waals surface area (Å²) in [6.45, 7) is 4.44. The lowest BCUT2D eigenvalue weighted by atomic mass is 10.1. The predicted molar refractivity (Wildman–Crippen MR) is 139 cm³/mol. The lowest BCUT2D eigenvalue weighted by molar-refractivity contribution is -0.138. The van der Waals surface area contributed by atoms with E-state index in [4.69, 9.17) is 13.9 Å². The Morgan fingerprint density at radius 1 is 0.714 bits per heavy atom. The molecule has 0 N–H and O–H groups in total. The van der Waals surface area contributed by atoms with Crippen molar-refractivity contribution >= 4 is 11.9 Å². The number of ether oxygens (including phenoxy) is 2. The van der Waals surface area contributed by atoms with Crippen LogP contribution in [0.15, 0.2) is 40.9 Å². The lowest BCUT2D eigenvalue weighted by Gasteiger charge is -1.97. The minimum atomic E-state index is -0.264. The number of hydrogen-bond acceptors (Lipinski definition) is 5. The Bertz CT molecular complexity index is 826. The van der Waals surface area contributed by atoms with Gasteiger partial charge < -0.3 is 13.9 Å². The van der Waals surface area contributed by atoms with Crippen LogP contribution in [0.3, 0.4) is 0 Å². The van der Waals surface area contributed by atoms with Gasteiger partial charge in [-0.05, 0) is 76.3 Å². The molecule has 0 unspecified atom stereocenters. The van der Waals surface area contributed by atoms with Gasteiger partial charge in [-0.1, -0.05) is 49.7 Å². The quantitative estimate of drug-likeness (QED) is 0.111. The minimum absolute atomic E-state index is 0.264. The standard InChI is InChI=1S/C30H40O5/c1-3-33-29(31)23-19-15-11-7-5-9-13-17-21-27-25-26-28(35-27)22-18-14-10-6-8-12-16-20-24-30(32)34-4-2/h19-20,23-26H,3-16H2,1-2H3/b23-19+,24-20+. The van der Waals surface area contributed by atoms with Crippen LogP contribution in [0.1, 0.15) is 102 Å². The second-order valence-corrected chi connectivity index (χ2v) is 7.98. The number of carbonyl (C=O) groups is 2. The molecule has 0 fully saturated rings. The van der Waals surface area contributed by atoms with Gasteiger partial charge in [0.15, 0.2) is 11.5 Å². The fourth-order valence-electron chi connectivity index (χ4n) is 3.17. The minimum Gasteiger partial charge on any atom is -0.463 e. The summed E-state index contributed by atoms with van der Waals surface area (Å²) in [5, 5.41) is 0. The van der Waals surface area contributed by atoms with Gasteiger partial charge in [-0.25, -0.2) is 9.59 Å². The van der Waals surface area contributed by atoms with E-state index in [9.17, 15) is 9.59 Å². The first-order chi connectivity index (χ1) is 17.2. The highest BCUT2D eigenvalue weighted by atomic mass is 16.5. The smallest absolute Gasteiger partial charge is 0.330 e. The van der Waals surface area contributed by atoms with E-state index in [-0.39, 0.29) is 11.9 Å². The molecule has 5 heteroatoms. The molecule has 5 nitrogen and oxygen atoms in total. The van der Waals surface area contributed by atoms with Crippen molar-refractivity contribution in [2.24, 2.45) is 0 Å². The van der Waals surface area contributed by atoms with E-state index in [2.05, 4.69) is 23.7 Å². The maximum absolute atomic E-state index is 11.2. The maximum atomic E-state index is 11.2. The van der Waals surface area contributed by atoms with Crippen molar-refractivity contribution in [3.05, 3.63) is 48.0 Å². The number of unbranched alkanes of at least 4 members (excludes halogenated alkanes) is 10. The summed E-state index contributed by atoms with van der Waals surface area (Å²) < 4.78 is 15.3. The van der Waals surface area contributed by atoms with Gasteiger partial charge >= 0.3 is 11.9 Å². The maximum Gasteiger partial charge on any atom is 0.330 e.